The number of aliphatic hydroxyl groups is 1. The van der Waals surface area contributed by atoms with Gasteiger partial charge in [-0.15, -0.1) is 0 Å². The minimum Gasteiger partial charge on any atom is -0.388 e. The first-order valence-electron chi connectivity index (χ1n) is 6.64. The van der Waals surface area contributed by atoms with Gasteiger partial charge in [-0.1, -0.05) is 38.3 Å². The lowest BCUT2D eigenvalue weighted by Gasteiger charge is -2.32. The van der Waals surface area contributed by atoms with Crippen LogP contribution >= 0.6 is 0 Å². The Labute approximate surface area is 103 Å². The molecule has 1 nitrogen and oxygen atoms in total. The van der Waals surface area contributed by atoms with Crippen LogP contribution in [0.25, 0.3) is 0 Å². The summed E-state index contributed by atoms with van der Waals surface area (Å²) >= 11 is 0. The molecule has 0 saturated heterocycles. The van der Waals surface area contributed by atoms with Crippen molar-refractivity contribution < 1.29 is 9.50 Å². The molecular formula is C15H21FO. The number of benzene rings is 1. The molecule has 1 aliphatic rings. The van der Waals surface area contributed by atoms with Gasteiger partial charge in [-0.3, -0.25) is 0 Å². The van der Waals surface area contributed by atoms with Gasteiger partial charge < -0.3 is 5.11 Å². The maximum absolute atomic E-state index is 13.1. The summed E-state index contributed by atoms with van der Waals surface area (Å²) < 4.78 is 13.1. The monoisotopic (exact) mass is 236 g/mol. The quantitative estimate of drug-likeness (QED) is 0.838. The zero-order chi connectivity index (χ0) is 12.3. The third-order valence-corrected chi connectivity index (χ3v) is 4.04. The Morgan fingerprint density at radius 3 is 2.94 bits per heavy atom. The minimum atomic E-state index is -0.500. The van der Waals surface area contributed by atoms with Crippen LogP contribution in [0.15, 0.2) is 24.3 Å². The van der Waals surface area contributed by atoms with Crippen molar-refractivity contribution in [2.75, 3.05) is 0 Å². The van der Waals surface area contributed by atoms with Crippen LogP contribution in [0.3, 0.4) is 0 Å². The van der Waals surface area contributed by atoms with E-state index in [1.807, 2.05) is 6.07 Å². The van der Waals surface area contributed by atoms with E-state index in [1.54, 1.807) is 6.07 Å². The van der Waals surface area contributed by atoms with E-state index in [2.05, 4.69) is 6.92 Å². The molecule has 2 rings (SSSR count). The first kappa shape index (κ1) is 12.6. The Balaban J connectivity index is 2.06. The molecule has 0 heterocycles. The molecular weight excluding hydrogens is 215 g/mol. The summed E-state index contributed by atoms with van der Waals surface area (Å²) in [5, 5.41) is 10.3. The molecule has 1 aliphatic carbocycles. The minimum absolute atomic E-state index is 0.260. The van der Waals surface area contributed by atoms with Crippen LogP contribution < -0.4 is 0 Å². The van der Waals surface area contributed by atoms with E-state index in [-0.39, 0.29) is 5.82 Å². The van der Waals surface area contributed by atoms with Crippen LogP contribution in [0.4, 0.5) is 4.39 Å². The number of rotatable bonds is 3. The summed E-state index contributed by atoms with van der Waals surface area (Å²) in [7, 11) is 0. The van der Waals surface area contributed by atoms with E-state index in [0.717, 1.165) is 24.3 Å². The lowest BCUT2D eigenvalue weighted by Crippen LogP contribution is -2.21. The zero-order valence-corrected chi connectivity index (χ0v) is 10.4. The summed E-state index contributed by atoms with van der Waals surface area (Å²) in [4.78, 5) is 0. The predicted octanol–water partition coefficient (Wildman–Crippen LogP) is 4.08. The van der Waals surface area contributed by atoms with Gasteiger partial charge in [-0.2, -0.15) is 0 Å². The standard InChI is InChI=1S/C15H21FO/c1-2-11-5-3-6-12(9-11)15(17)13-7-4-8-14(16)10-13/h4,7-8,10-12,15,17H,2-3,5-6,9H2,1H3. The molecule has 3 atom stereocenters. The molecule has 0 spiro atoms. The van der Waals surface area contributed by atoms with Crippen LogP contribution in [0, 0.1) is 17.7 Å². The number of hydrogen-bond donors (Lipinski definition) is 1. The second-order valence-electron chi connectivity index (χ2n) is 5.20. The van der Waals surface area contributed by atoms with Gasteiger partial charge in [0.2, 0.25) is 0 Å². The Morgan fingerprint density at radius 1 is 1.41 bits per heavy atom. The molecule has 17 heavy (non-hydrogen) atoms. The van der Waals surface area contributed by atoms with E-state index in [0.29, 0.717) is 5.92 Å². The van der Waals surface area contributed by atoms with Crippen molar-refractivity contribution in [2.45, 2.75) is 45.1 Å². The van der Waals surface area contributed by atoms with Gasteiger partial charge >= 0.3 is 0 Å². The van der Waals surface area contributed by atoms with E-state index < -0.39 is 6.10 Å². The van der Waals surface area contributed by atoms with Crippen molar-refractivity contribution >= 4 is 0 Å². The second-order valence-corrected chi connectivity index (χ2v) is 5.20. The fourth-order valence-corrected chi connectivity index (χ4v) is 2.95. The molecule has 0 amide bonds. The highest BCUT2D eigenvalue weighted by Gasteiger charge is 2.27. The topological polar surface area (TPSA) is 20.2 Å². The van der Waals surface area contributed by atoms with Crippen LogP contribution in [0.5, 0.6) is 0 Å². The van der Waals surface area contributed by atoms with E-state index in [1.165, 1.54) is 31.4 Å². The smallest absolute Gasteiger partial charge is 0.123 e. The molecule has 1 aromatic carbocycles. The average molecular weight is 236 g/mol. The molecule has 94 valence electrons. The van der Waals surface area contributed by atoms with Crippen molar-refractivity contribution in [3.63, 3.8) is 0 Å². The fourth-order valence-electron chi connectivity index (χ4n) is 2.95. The van der Waals surface area contributed by atoms with Gasteiger partial charge in [-0.25, -0.2) is 4.39 Å². The van der Waals surface area contributed by atoms with Crippen LogP contribution in [-0.2, 0) is 0 Å². The molecule has 1 aromatic rings. The first-order chi connectivity index (χ1) is 8.20. The molecule has 0 aliphatic heterocycles. The number of halogens is 1. The Bertz CT molecular complexity index is 364. The van der Waals surface area contributed by atoms with Crippen molar-refractivity contribution in [1.29, 1.82) is 0 Å². The summed E-state index contributed by atoms with van der Waals surface area (Å²) in [6, 6.07) is 6.38. The summed E-state index contributed by atoms with van der Waals surface area (Å²) in [5.74, 6) is 0.775. The Hall–Kier alpha value is -0.890. The molecule has 1 fully saturated rings. The molecule has 3 unspecified atom stereocenters. The van der Waals surface area contributed by atoms with Crippen LogP contribution in [0.1, 0.15) is 50.7 Å². The highest BCUT2D eigenvalue weighted by atomic mass is 19.1. The largest absolute Gasteiger partial charge is 0.388 e. The Kier molecular flexibility index (Phi) is 4.16. The van der Waals surface area contributed by atoms with Crippen molar-refractivity contribution in [2.24, 2.45) is 11.8 Å². The van der Waals surface area contributed by atoms with Crippen molar-refractivity contribution in [3.8, 4) is 0 Å². The van der Waals surface area contributed by atoms with Crippen LogP contribution in [0.2, 0.25) is 0 Å². The maximum atomic E-state index is 13.1. The van der Waals surface area contributed by atoms with Gasteiger partial charge in [0.15, 0.2) is 0 Å². The van der Waals surface area contributed by atoms with E-state index >= 15 is 0 Å². The van der Waals surface area contributed by atoms with Gasteiger partial charge in [-0.05, 0) is 42.4 Å². The second kappa shape index (κ2) is 5.63. The lowest BCUT2D eigenvalue weighted by atomic mass is 9.76. The van der Waals surface area contributed by atoms with Crippen LogP contribution in [-0.4, -0.2) is 5.11 Å². The zero-order valence-electron chi connectivity index (χ0n) is 10.4. The molecule has 1 saturated carbocycles. The van der Waals surface area contributed by atoms with Crippen molar-refractivity contribution in [3.05, 3.63) is 35.6 Å². The summed E-state index contributed by atoms with van der Waals surface area (Å²) in [6.07, 6.45) is 5.30. The number of hydrogen-bond acceptors (Lipinski definition) is 1. The molecule has 0 aromatic heterocycles. The Morgan fingerprint density at radius 2 is 2.24 bits per heavy atom. The lowest BCUT2D eigenvalue weighted by molar-refractivity contribution is 0.0676. The van der Waals surface area contributed by atoms with Gasteiger partial charge in [0, 0.05) is 0 Å². The van der Waals surface area contributed by atoms with E-state index in [9.17, 15) is 9.50 Å². The van der Waals surface area contributed by atoms with Gasteiger partial charge in [0.1, 0.15) is 5.82 Å². The third kappa shape index (κ3) is 3.06. The summed E-state index contributed by atoms with van der Waals surface area (Å²) in [6.45, 7) is 2.21. The molecule has 2 heteroatoms. The maximum Gasteiger partial charge on any atom is 0.123 e. The number of aliphatic hydroxyl groups excluding tert-OH is 1. The third-order valence-electron chi connectivity index (χ3n) is 4.04. The molecule has 0 bridgehead atoms. The van der Waals surface area contributed by atoms with Crippen molar-refractivity contribution in [1.82, 2.24) is 0 Å². The SMILES string of the molecule is CCC1CCCC(C(O)c2cccc(F)c2)C1. The molecule has 0 radical (unpaired) electrons. The fraction of sp³-hybridized carbons (Fsp3) is 0.600. The van der Waals surface area contributed by atoms with E-state index in [4.69, 9.17) is 0 Å². The normalized spacial score (nSPS) is 26.8. The van der Waals surface area contributed by atoms with Gasteiger partial charge in [0.05, 0.1) is 6.10 Å². The van der Waals surface area contributed by atoms with Gasteiger partial charge in [0.25, 0.3) is 0 Å². The highest BCUT2D eigenvalue weighted by Crippen LogP contribution is 2.38. The highest BCUT2D eigenvalue weighted by molar-refractivity contribution is 5.19. The summed E-state index contributed by atoms with van der Waals surface area (Å²) in [5.41, 5.74) is 0.728. The average Bonchev–Trinajstić information content (AvgIpc) is 2.38. The predicted molar refractivity (Wildman–Crippen MR) is 67.1 cm³/mol. The first-order valence-corrected chi connectivity index (χ1v) is 6.64. The molecule has 1 N–H and O–H groups in total.